The normalized spacial score (nSPS) is 14.3. The van der Waals surface area contributed by atoms with Crippen LogP contribution >= 0.6 is 15.9 Å². The van der Waals surface area contributed by atoms with Crippen molar-refractivity contribution < 1.29 is 14.3 Å². The lowest BCUT2D eigenvalue weighted by Gasteiger charge is -2.38. The number of rotatable bonds is 5. The molecule has 22 heavy (non-hydrogen) atoms. The van der Waals surface area contributed by atoms with Crippen LogP contribution in [0.2, 0.25) is 0 Å². The van der Waals surface area contributed by atoms with E-state index in [1.165, 1.54) is 0 Å². The topological polar surface area (TPSA) is 64.5 Å². The average molecular weight is 364 g/mol. The third kappa shape index (κ3) is 3.54. The van der Waals surface area contributed by atoms with Gasteiger partial charge in [0.2, 0.25) is 5.88 Å². The first-order valence-electron chi connectivity index (χ1n) is 6.80. The molecule has 0 atom stereocenters. The van der Waals surface area contributed by atoms with E-state index in [1.54, 1.807) is 35.6 Å². The Morgan fingerprint density at radius 3 is 2.86 bits per heavy atom. The Hall–Kier alpha value is -2.15. The minimum absolute atomic E-state index is 0.00565. The molecule has 2 aromatic rings. The summed E-state index contributed by atoms with van der Waals surface area (Å²) in [5.41, 5.74) is 0. The van der Waals surface area contributed by atoms with Crippen LogP contribution in [0.5, 0.6) is 11.6 Å². The molecule has 1 saturated heterocycles. The highest BCUT2D eigenvalue weighted by atomic mass is 79.9. The van der Waals surface area contributed by atoms with E-state index >= 15 is 0 Å². The summed E-state index contributed by atoms with van der Waals surface area (Å²) in [6, 6.07) is 7.22. The Kier molecular flexibility index (Phi) is 4.53. The van der Waals surface area contributed by atoms with Gasteiger partial charge < -0.3 is 14.4 Å². The Bertz CT molecular complexity index is 647. The second kappa shape index (κ2) is 6.74. The highest BCUT2D eigenvalue weighted by molar-refractivity contribution is 9.10. The van der Waals surface area contributed by atoms with Crippen molar-refractivity contribution in [3.8, 4) is 11.6 Å². The van der Waals surface area contributed by atoms with E-state index < -0.39 is 0 Å². The van der Waals surface area contributed by atoms with Gasteiger partial charge in [0.1, 0.15) is 11.9 Å². The lowest BCUT2D eigenvalue weighted by atomic mass is 10.1. The van der Waals surface area contributed by atoms with Crippen molar-refractivity contribution in [2.24, 2.45) is 0 Å². The Morgan fingerprint density at radius 2 is 2.14 bits per heavy atom. The molecule has 7 heteroatoms. The van der Waals surface area contributed by atoms with Crippen molar-refractivity contribution in [3.05, 3.63) is 47.3 Å². The molecule has 3 rings (SSSR count). The number of carbonyl (C=O) groups is 1. The van der Waals surface area contributed by atoms with Gasteiger partial charge in [0, 0.05) is 12.4 Å². The quantitative estimate of drug-likeness (QED) is 0.811. The fourth-order valence-corrected chi connectivity index (χ4v) is 2.35. The molecule has 0 saturated carbocycles. The summed E-state index contributed by atoms with van der Waals surface area (Å²) in [5.74, 6) is 1.07. The molecule has 0 bridgehead atoms. The smallest absolute Gasteiger partial charge is 0.260 e. The van der Waals surface area contributed by atoms with E-state index in [2.05, 4.69) is 25.9 Å². The Balaban J connectivity index is 1.43. The predicted molar refractivity (Wildman–Crippen MR) is 82.7 cm³/mol. The summed E-state index contributed by atoms with van der Waals surface area (Å²) in [6.07, 6.45) is 4.87. The second-order valence-electron chi connectivity index (χ2n) is 4.81. The van der Waals surface area contributed by atoms with E-state index in [9.17, 15) is 4.79 Å². The van der Waals surface area contributed by atoms with Crippen LogP contribution in [0.15, 0.2) is 47.3 Å². The van der Waals surface area contributed by atoms with Crippen molar-refractivity contribution in [3.63, 3.8) is 0 Å². The molecule has 1 amide bonds. The van der Waals surface area contributed by atoms with E-state index in [4.69, 9.17) is 9.47 Å². The third-order valence-corrected chi connectivity index (χ3v) is 3.80. The van der Waals surface area contributed by atoms with Crippen LogP contribution in [0.4, 0.5) is 0 Å². The Morgan fingerprint density at radius 1 is 1.32 bits per heavy atom. The molecule has 0 spiro atoms. The lowest BCUT2D eigenvalue weighted by molar-refractivity contribution is -0.142. The number of hydrogen-bond donors (Lipinski definition) is 0. The summed E-state index contributed by atoms with van der Waals surface area (Å²) in [7, 11) is 0. The van der Waals surface area contributed by atoms with Gasteiger partial charge in [0.15, 0.2) is 6.61 Å². The van der Waals surface area contributed by atoms with Gasteiger partial charge in [-0.25, -0.2) is 4.98 Å². The Labute approximate surface area is 136 Å². The summed E-state index contributed by atoms with van der Waals surface area (Å²) in [4.78, 5) is 21.7. The summed E-state index contributed by atoms with van der Waals surface area (Å²) < 4.78 is 11.9. The van der Waals surface area contributed by atoms with E-state index in [0.29, 0.717) is 24.7 Å². The second-order valence-corrected chi connectivity index (χ2v) is 5.66. The van der Waals surface area contributed by atoms with Crippen LogP contribution in [0.3, 0.4) is 0 Å². The van der Waals surface area contributed by atoms with Gasteiger partial charge in [-0.2, -0.15) is 0 Å². The van der Waals surface area contributed by atoms with Gasteiger partial charge in [0.25, 0.3) is 5.91 Å². The number of halogens is 1. The zero-order valence-electron chi connectivity index (χ0n) is 11.7. The zero-order chi connectivity index (χ0) is 15.4. The molecule has 114 valence electrons. The molecule has 0 radical (unpaired) electrons. The molecule has 1 fully saturated rings. The fraction of sp³-hybridized carbons (Fsp3) is 0.267. The largest absolute Gasteiger partial charge is 0.482 e. The van der Waals surface area contributed by atoms with Crippen LogP contribution in [0.1, 0.15) is 0 Å². The standard InChI is InChI=1S/C15H14BrN3O3/c16-13-4-2-6-18-15(13)22-12-8-19(9-12)14(20)10-21-11-3-1-5-17-7-11/h1-7,12H,8-10H2. The number of aromatic nitrogens is 2. The maximum atomic E-state index is 12.0. The molecule has 0 aromatic carbocycles. The molecule has 6 nitrogen and oxygen atoms in total. The number of amides is 1. The van der Waals surface area contributed by atoms with E-state index in [-0.39, 0.29) is 18.6 Å². The van der Waals surface area contributed by atoms with Gasteiger partial charge in [-0.15, -0.1) is 0 Å². The fourth-order valence-electron chi connectivity index (χ4n) is 2.00. The van der Waals surface area contributed by atoms with Crippen LogP contribution in [0, 0.1) is 0 Å². The SMILES string of the molecule is O=C(COc1cccnc1)N1CC(Oc2ncccc2Br)C1. The molecule has 0 N–H and O–H groups in total. The number of hydrogen-bond acceptors (Lipinski definition) is 5. The minimum atomic E-state index is -0.0659. The van der Waals surface area contributed by atoms with Crippen molar-refractivity contribution in [2.45, 2.75) is 6.10 Å². The first-order valence-corrected chi connectivity index (χ1v) is 7.59. The summed E-state index contributed by atoms with van der Waals surface area (Å²) in [5, 5.41) is 0. The number of pyridine rings is 2. The molecule has 1 aliphatic heterocycles. The van der Waals surface area contributed by atoms with Crippen molar-refractivity contribution in [1.29, 1.82) is 0 Å². The van der Waals surface area contributed by atoms with Crippen LogP contribution in [-0.2, 0) is 4.79 Å². The van der Waals surface area contributed by atoms with Crippen molar-refractivity contribution >= 4 is 21.8 Å². The minimum Gasteiger partial charge on any atom is -0.482 e. The van der Waals surface area contributed by atoms with E-state index in [1.807, 2.05) is 12.1 Å². The van der Waals surface area contributed by atoms with Gasteiger partial charge in [-0.05, 0) is 40.2 Å². The third-order valence-electron chi connectivity index (χ3n) is 3.20. The van der Waals surface area contributed by atoms with Crippen LogP contribution in [-0.4, -0.2) is 46.6 Å². The zero-order valence-corrected chi connectivity index (χ0v) is 13.3. The summed E-state index contributed by atoms with van der Waals surface area (Å²) >= 11 is 3.38. The molecule has 0 unspecified atom stereocenters. The van der Waals surface area contributed by atoms with E-state index in [0.717, 1.165) is 4.47 Å². The van der Waals surface area contributed by atoms with Crippen LogP contribution < -0.4 is 9.47 Å². The highest BCUT2D eigenvalue weighted by Gasteiger charge is 2.33. The van der Waals surface area contributed by atoms with Crippen molar-refractivity contribution in [1.82, 2.24) is 14.9 Å². The maximum Gasteiger partial charge on any atom is 0.260 e. The first kappa shape index (κ1) is 14.8. The molecular weight excluding hydrogens is 350 g/mol. The first-order chi connectivity index (χ1) is 10.7. The number of ether oxygens (including phenoxy) is 2. The van der Waals surface area contributed by atoms with Gasteiger partial charge in [0.05, 0.1) is 23.8 Å². The number of carbonyl (C=O) groups excluding carboxylic acids is 1. The number of nitrogens with zero attached hydrogens (tertiary/aromatic N) is 3. The summed E-state index contributed by atoms with van der Waals surface area (Å²) in [6.45, 7) is 1.09. The number of likely N-dealkylation sites (tertiary alicyclic amines) is 1. The molecule has 0 aliphatic carbocycles. The monoisotopic (exact) mass is 363 g/mol. The van der Waals surface area contributed by atoms with Gasteiger partial charge in [-0.3, -0.25) is 9.78 Å². The lowest BCUT2D eigenvalue weighted by Crippen LogP contribution is -2.57. The van der Waals surface area contributed by atoms with Crippen molar-refractivity contribution in [2.75, 3.05) is 19.7 Å². The van der Waals surface area contributed by atoms with Crippen LogP contribution in [0.25, 0.3) is 0 Å². The molecule has 3 heterocycles. The highest BCUT2D eigenvalue weighted by Crippen LogP contribution is 2.24. The van der Waals surface area contributed by atoms with Gasteiger partial charge in [-0.1, -0.05) is 0 Å². The molecule has 1 aliphatic rings. The maximum absolute atomic E-state index is 12.0. The van der Waals surface area contributed by atoms with Gasteiger partial charge >= 0.3 is 0 Å². The predicted octanol–water partition coefficient (Wildman–Crippen LogP) is 1.91. The molecular formula is C15H14BrN3O3. The molecule has 2 aromatic heterocycles. The average Bonchev–Trinajstić information content (AvgIpc) is 2.51.